The number of Topliss-reactive ketones (excluding diaryl/α,β-unsaturated/α-hetero) is 1. The summed E-state index contributed by atoms with van der Waals surface area (Å²) in [6.07, 6.45) is 2.47. The molecule has 3 aromatic rings. The van der Waals surface area contributed by atoms with Crippen LogP contribution >= 0.6 is 0 Å². The number of para-hydroxylation sites is 1. The van der Waals surface area contributed by atoms with Gasteiger partial charge in [-0.25, -0.2) is 4.79 Å². The Morgan fingerprint density at radius 1 is 1.03 bits per heavy atom. The fourth-order valence-electron chi connectivity index (χ4n) is 4.40. The molecule has 0 fully saturated rings. The number of carbonyl (C=O) groups is 4. The van der Waals surface area contributed by atoms with Crippen LogP contribution in [-0.2, 0) is 16.1 Å². The molecule has 178 valence electrons. The first-order valence-electron chi connectivity index (χ1n) is 11.5. The fourth-order valence-corrected chi connectivity index (χ4v) is 4.40. The summed E-state index contributed by atoms with van der Waals surface area (Å²) in [7, 11) is 0. The topological polar surface area (TPSA) is 109 Å². The number of hydrogen-bond donors (Lipinski definition) is 0. The largest absolute Gasteiger partial charge is 0.456 e. The number of hydrogen-bond acceptors (Lipinski definition) is 6. The van der Waals surface area contributed by atoms with Crippen LogP contribution in [0, 0.1) is 17.2 Å². The van der Waals surface area contributed by atoms with Crippen molar-refractivity contribution in [2.75, 3.05) is 6.61 Å². The highest BCUT2D eigenvalue weighted by molar-refractivity contribution is 6.22. The highest BCUT2D eigenvalue weighted by Gasteiger charge is 2.45. The first kappa shape index (κ1) is 23.9. The molecule has 1 aromatic heterocycles. The van der Waals surface area contributed by atoms with Crippen LogP contribution in [0.15, 0.2) is 54.7 Å². The van der Waals surface area contributed by atoms with Crippen LogP contribution in [0.2, 0.25) is 0 Å². The van der Waals surface area contributed by atoms with Crippen molar-refractivity contribution in [3.63, 3.8) is 0 Å². The van der Waals surface area contributed by atoms with E-state index in [-0.39, 0.29) is 23.5 Å². The predicted octanol–water partition coefficient (Wildman–Crippen LogP) is 3.99. The SMILES string of the molecule is CC[C@H](C)[C@@H](C(=O)OCC(=O)c1cn(CCC#N)c2ccccc12)N1C(=O)c2ccccc2C1=O. The fraction of sp³-hybridized carbons (Fsp3) is 0.296. The smallest absolute Gasteiger partial charge is 0.330 e. The molecule has 0 N–H and O–H groups in total. The normalized spacial score (nSPS) is 14.5. The number of esters is 1. The van der Waals surface area contributed by atoms with Crippen LogP contribution in [-0.4, -0.2) is 45.7 Å². The monoisotopic (exact) mass is 471 g/mol. The van der Waals surface area contributed by atoms with Gasteiger partial charge in [-0.3, -0.25) is 19.3 Å². The minimum absolute atomic E-state index is 0.250. The van der Waals surface area contributed by atoms with Gasteiger partial charge >= 0.3 is 5.97 Å². The number of nitrogens with zero attached hydrogens (tertiary/aromatic N) is 3. The average molecular weight is 472 g/mol. The van der Waals surface area contributed by atoms with Crippen molar-refractivity contribution in [3.05, 3.63) is 71.4 Å². The van der Waals surface area contributed by atoms with Gasteiger partial charge in [0, 0.05) is 29.2 Å². The van der Waals surface area contributed by atoms with Crippen molar-refractivity contribution in [3.8, 4) is 6.07 Å². The molecule has 8 nitrogen and oxygen atoms in total. The lowest BCUT2D eigenvalue weighted by molar-refractivity contribution is -0.149. The van der Waals surface area contributed by atoms with Gasteiger partial charge in [0.1, 0.15) is 6.04 Å². The van der Waals surface area contributed by atoms with E-state index in [0.717, 1.165) is 10.4 Å². The molecule has 1 aliphatic heterocycles. The Bertz CT molecular complexity index is 1330. The maximum absolute atomic E-state index is 13.2. The van der Waals surface area contributed by atoms with Gasteiger partial charge < -0.3 is 9.30 Å². The first-order valence-corrected chi connectivity index (χ1v) is 11.5. The lowest BCUT2D eigenvalue weighted by Gasteiger charge is -2.28. The number of imide groups is 1. The molecular formula is C27H25N3O5. The summed E-state index contributed by atoms with van der Waals surface area (Å²) in [6.45, 7) is 3.52. The first-order chi connectivity index (χ1) is 16.9. The third-order valence-electron chi connectivity index (χ3n) is 6.43. The summed E-state index contributed by atoms with van der Waals surface area (Å²) in [4.78, 5) is 53.1. The summed E-state index contributed by atoms with van der Waals surface area (Å²) in [6, 6.07) is 14.7. The van der Waals surface area contributed by atoms with Gasteiger partial charge in [-0.2, -0.15) is 5.26 Å². The summed E-state index contributed by atoms with van der Waals surface area (Å²) < 4.78 is 7.22. The molecule has 2 aromatic carbocycles. The second kappa shape index (κ2) is 9.94. The van der Waals surface area contributed by atoms with Gasteiger partial charge in [-0.15, -0.1) is 0 Å². The van der Waals surface area contributed by atoms with E-state index in [1.807, 2.05) is 23.6 Å². The Balaban J connectivity index is 1.55. The van der Waals surface area contributed by atoms with Crippen LogP contribution in [0.3, 0.4) is 0 Å². The van der Waals surface area contributed by atoms with E-state index in [1.165, 1.54) is 0 Å². The van der Waals surface area contributed by atoms with Crippen molar-refractivity contribution in [2.24, 2.45) is 5.92 Å². The average Bonchev–Trinajstić information content (AvgIpc) is 3.37. The summed E-state index contributed by atoms with van der Waals surface area (Å²) in [5.74, 6) is -2.65. The van der Waals surface area contributed by atoms with Crippen molar-refractivity contribution in [1.82, 2.24) is 9.47 Å². The highest BCUT2D eigenvalue weighted by Crippen LogP contribution is 2.29. The second-order valence-corrected chi connectivity index (χ2v) is 8.55. The van der Waals surface area contributed by atoms with E-state index < -0.39 is 36.2 Å². The van der Waals surface area contributed by atoms with Crippen molar-refractivity contribution >= 4 is 34.5 Å². The number of aromatic nitrogens is 1. The van der Waals surface area contributed by atoms with E-state index in [2.05, 4.69) is 6.07 Å². The lowest BCUT2D eigenvalue weighted by atomic mass is 9.97. The van der Waals surface area contributed by atoms with Gasteiger partial charge in [0.25, 0.3) is 11.8 Å². The number of benzene rings is 2. The molecule has 0 unspecified atom stereocenters. The molecule has 0 spiro atoms. The van der Waals surface area contributed by atoms with Gasteiger partial charge in [-0.05, 0) is 24.1 Å². The Morgan fingerprint density at radius 2 is 1.66 bits per heavy atom. The minimum Gasteiger partial charge on any atom is -0.456 e. The molecule has 2 heterocycles. The molecular weight excluding hydrogens is 446 g/mol. The molecule has 4 rings (SSSR count). The standard InChI is InChI=1S/C27H25N3O5/c1-3-17(2)24(30-25(32)19-10-4-5-11-20(19)26(30)33)27(34)35-16-23(31)21-15-29(14-8-13-28)22-12-7-6-9-18(21)22/h4-7,9-12,15,17,24H,3,8,14,16H2,1-2H3/t17-,24-/m0/s1. The van der Waals surface area contributed by atoms with Crippen LogP contribution in [0.1, 0.15) is 57.8 Å². The lowest BCUT2D eigenvalue weighted by Crippen LogP contribution is -2.49. The Kier molecular flexibility index (Phi) is 6.78. The maximum atomic E-state index is 13.2. The Hall–Kier alpha value is -4.25. The van der Waals surface area contributed by atoms with Crippen LogP contribution in [0.4, 0.5) is 0 Å². The van der Waals surface area contributed by atoms with E-state index in [1.54, 1.807) is 49.5 Å². The zero-order valence-electron chi connectivity index (χ0n) is 19.6. The Morgan fingerprint density at radius 3 is 2.29 bits per heavy atom. The van der Waals surface area contributed by atoms with Crippen molar-refractivity contribution in [2.45, 2.75) is 39.3 Å². The summed E-state index contributed by atoms with van der Waals surface area (Å²) in [5, 5.41) is 9.62. The molecule has 8 heteroatoms. The minimum atomic E-state index is -1.14. The number of amides is 2. The van der Waals surface area contributed by atoms with Gasteiger partial charge in [0.15, 0.2) is 6.61 Å². The number of fused-ring (bicyclic) bond motifs is 2. The zero-order valence-corrected chi connectivity index (χ0v) is 19.6. The predicted molar refractivity (Wildman–Crippen MR) is 128 cm³/mol. The summed E-state index contributed by atoms with van der Waals surface area (Å²) in [5.41, 5.74) is 1.69. The van der Waals surface area contributed by atoms with Gasteiger partial charge in [-0.1, -0.05) is 50.6 Å². The molecule has 0 bridgehead atoms. The van der Waals surface area contributed by atoms with Crippen molar-refractivity contribution in [1.29, 1.82) is 5.26 Å². The molecule has 35 heavy (non-hydrogen) atoms. The number of nitriles is 1. The van der Waals surface area contributed by atoms with Crippen LogP contribution in [0.5, 0.6) is 0 Å². The number of ketones is 1. The molecule has 0 aliphatic carbocycles. The number of rotatable bonds is 9. The maximum Gasteiger partial charge on any atom is 0.330 e. The third-order valence-corrected chi connectivity index (χ3v) is 6.43. The van der Waals surface area contributed by atoms with E-state index in [9.17, 15) is 19.2 Å². The van der Waals surface area contributed by atoms with Gasteiger partial charge in [0.2, 0.25) is 5.78 Å². The quantitative estimate of drug-likeness (QED) is 0.265. The second-order valence-electron chi connectivity index (χ2n) is 8.55. The van der Waals surface area contributed by atoms with E-state index in [0.29, 0.717) is 23.9 Å². The van der Waals surface area contributed by atoms with Gasteiger partial charge in [0.05, 0.1) is 23.6 Å². The molecule has 2 atom stereocenters. The molecule has 0 radical (unpaired) electrons. The number of ether oxygens (including phenoxy) is 1. The zero-order chi connectivity index (χ0) is 25.1. The molecule has 1 aliphatic rings. The highest BCUT2D eigenvalue weighted by atomic mass is 16.5. The summed E-state index contributed by atoms with van der Waals surface area (Å²) >= 11 is 0. The number of carbonyl (C=O) groups excluding carboxylic acids is 4. The third kappa shape index (κ3) is 4.33. The molecule has 0 saturated carbocycles. The Labute approximate surface area is 202 Å². The van der Waals surface area contributed by atoms with E-state index >= 15 is 0 Å². The van der Waals surface area contributed by atoms with Crippen LogP contribution in [0.25, 0.3) is 10.9 Å². The number of aryl methyl sites for hydroxylation is 1. The molecule has 0 saturated heterocycles. The molecule has 2 amide bonds. The van der Waals surface area contributed by atoms with E-state index in [4.69, 9.17) is 10.00 Å². The van der Waals surface area contributed by atoms with Crippen molar-refractivity contribution < 1.29 is 23.9 Å². The van der Waals surface area contributed by atoms with Crippen LogP contribution < -0.4 is 0 Å².